The van der Waals surface area contributed by atoms with Crippen molar-refractivity contribution in [2.45, 2.75) is 57.5 Å². The van der Waals surface area contributed by atoms with Crippen molar-refractivity contribution in [2.75, 3.05) is 6.54 Å². The van der Waals surface area contributed by atoms with E-state index >= 15 is 0 Å². The van der Waals surface area contributed by atoms with Crippen molar-refractivity contribution < 1.29 is 29.3 Å². The molecule has 8 heteroatoms. The van der Waals surface area contributed by atoms with Crippen LogP contribution in [0.15, 0.2) is 30.3 Å². The SMILES string of the molecule is CCC(N[C@@H](C)C(=O)N1CC(OCc2ccccc2)C[C@H]1C(=O)O)C(=O)O. The number of carboxylic acids is 2. The van der Waals surface area contributed by atoms with E-state index in [1.165, 1.54) is 4.90 Å². The van der Waals surface area contributed by atoms with Gasteiger partial charge in [-0.05, 0) is 18.9 Å². The number of carbonyl (C=O) groups excluding carboxylic acids is 1. The van der Waals surface area contributed by atoms with Crippen LogP contribution < -0.4 is 5.32 Å². The minimum atomic E-state index is -1.09. The first-order valence-corrected chi connectivity index (χ1v) is 9.01. The molecule has 4 atom stereocenters. The lowest BCUT2D eigenvalue weighted by atomic mass is 10.1. The third-order valence-corrected chi connectivity index (χ3v) is 4.69. The first kappa shape index (κ1) is 20.9. The molecular weight excluding hydrogens is 352 g/mol. The fraction of sp³-hybridized carbons (Fsp3) is 0.526. The van der Waals surface area contributed by atoms with Crippen molar-refractivity contribution >= 4 is 17.8 Å². The molecule has 2 unspecified atom stereocenters. The summed E-state index contributed by atoms with van der Waals surface area (Å²) in [6, 6.07) is 6.86. The van der Waals surface area contributed by atoms with Crippen LogP contribution in [0.3, 0.4) is 0 Å². The summed E-state index contributed by atoms with van der Waals surface area (Å²) in [6.07, 6.45) is 0.137. The zero-order valence-electron chi connectivity index (χ0n) is 15.5. The third kappa shape index (κ3) is 5.51. The van der Waals surface area contributed by atoms with E-state index in [-0.39, 0.29) is 19.1 Å². The van der Waals surface area contributed by atoms with E-state index in [1.54, 1.807) is 13.8 Å². The summed E-state index contributed by atoms with van der Waals surface area (Å²) in [5, 5.41) is 21.3. The highest BCUT2D eigenvalue weighted by Crippen LogP contribution is 2.23. The van der Waals surface area contributed by atoms with Gasteiger partial charge in [-0.25, -0.2) is 4.79 Å². The molecular formula is C19H26N2O6. The summed E-state index contributed by atoms with van der Waals surface area (Å²) in [6.45, 7) is 3.75. The van der Waals surface area contributed by atoms with Gasteiger partial charge >= 0.3 is 11.9 Å². The van der Waals surface area contributed by atoms with Crippen molar-refractivity contribution in [3.8, 4) is 0 Å². The number of benzene rings is 1. The molecule has 0 radical (unpaired) electrons. The molecule has 1 amide bonds. The summed E-state index contributed by atoms with van der Waals surface area (Å²) >= 11 is 0. The van der Waals surface area contributed by atoms with Gasteiger partial charge in [-0.3, -0.25) is 14.9 Å². The van der Waals surface area contributed by atoms with Gasteiger partial charge in [-0.1, -0.05) is 37.3 Å². The van der Waals surface area contributed by atoms with Crippen LogP contribution in [0.25, 0.3) is 0 Å². The summed E-state index contributed by atoms with van der Waals surface area (Å²) in [4.78, 5) is 36.7. The topological polar surface area (TPSA) is 116 Å². The fourth-order valence-electron chi connectivity index (χ4n) is 3.17. The van der Waals surface area contributed by atoms with Crippen LogP contribution in [0.5, 0.6) is 0 Å². The Morgan fingerprint density at radius 2 is 1.93 bits per heavy atom. The summed E-state index contributed by atoms with van der Waals surface area (Å²) in [5.41, 5.74) is 0.969. The maximum absolute atomic E-state index is 12.7. The molecule has 1 aliphatic rings. The molecule has 0 aliphatic carbocycles. The van der Waals surface area contributed by atoms with Gasteiger partial charge in [-0.15, -0.1) is 0 Å². The van der Waals surface area contributed by atoms with E-state index in [0.717, 1.165) is 5.56 Å². The predicted molar refractivity (Wildman–Crippen MR) is 97.1 cm³/mol. The highest BCUT2D eigenvalue weighted by Gasteiger charge is 2.41. The minimum absolute atomic E-state index is 0.165. The highest BCUT2D eigenvalue weighted by molar-refractivity contribution is 5.88. The quantitative estimate of drug-likeness (QED) is 0.589. The first-order chi connectivity index (χ1) is 12.8. The van der Waals surface area contributed by atoms with Crippen LogP contribution in [-0.2, 0) is 25.7 Å². The van der Waals surface area contributed by atoms with Crippen LogP contribution >= 0.6 is 0 Å². The Morgan fingerprint density at radius 3 is 2.48 bits per heavy atom. The number of nitrogens with zero attached hydrogens (tertiary/aromatic N) is 1. The third-order valence-electron chi connectivity index (χ3n) is 4.69. The van der Waals surface area contributed by atoms with Crippen LogP contribution in [0.1, 0.15) is 32.3 Å². The number of hydrogen-bond acceptors (Lipinski definition) is 5. The van der Waals surface area contributed by atoms with Gasteiger partial charge in [0.25, 0.3) is 0 Å². The summed E-state index contributed by atoms with van der Waals surface area (Å²) in [5.74, 6) is -2.57. The second kappa shape index (κ2) is 9.48. The Kier molecular flexibility index (Phi) is 7.32. The Balaban J connectivity index is 1.99. The second-order valence-electron chi connectivity index (χ2n) is 6.69. The molecule has 1 aromatic rings. The molecule has 0 bridgehead atoms. The number of amides is 1. The first-order valence-electron chi connectivity index (χ1n) is 9.01. The number of carboxylic acid groups (broad SMARTS) is 2. The van der Waals surface area contributed by atoms with E-state index in [4.69, 9.17) is 9.84 Å². The molecule has 8 nitrogen and oxygen atoms in total. The number of hydrogen-bond donors (Lipinski definition) is 3. The number of nitrogens with one attached hydrogen (secondary N) is 1. The maximum atomic E-state index is 12.7. The van der Waals surface area contributed by atoms with Crippen molar-refractivity contribution in [1.29, 1.82) is 0 Å². The van der Waals surface area contributed by atoms with E-state index < -0.39 is 36.0 Å². The molecule has 0 saturated carbocycles. The number of carbonyl (C=O) groups is 3. The number of likely N-dealkylation sites (tertiary alicyclic amines) is 1. The Hall–Kier alpha value is -2.45. The lowest BCUT2D eigenvalue weighted by molar-refractivity contribution is -0.149. The molecule has 1 aliphatic heterocycles. The van der Waals surface area contributed by atoms with Crippen LogP contribution in [0, 0.1) is 0 Å². The lowest BCUT2D eigenvalue weighted by Crippen LogP contribution is -2.53. The van der Waals surface area contributed by atoms with Gasteiger partial charge in [0.2, 0.25) is 5.91 Å². The van der Waals surface area contributed by atoms with E-state index in [1.807, 2.05) is 30.3 Å². The Morgan fingerprint density at radius 1 is 1.26 bits per heavy atom. The predicted octanol–water partition coefficient (Wildman–Crippen LogP) is 1.10. The monoisotopic (exact) mass is 378 g/mol. The average molecular weight is 378 g/mol. The number of ether oxygens (including phenoxy) is 1. The number of rotatable bonds is 9. The van der Waals surface area contributed by atoms with Crippen LogP contribution in [0.2, 0.25) is 0 Å². The summed E-state index contributed by atoms with van der Waals surface area (Å²) in [7, 11) is 0. The maximum Gasteiger partial charge on any atom is 0.326 e. The van der Waals surface area contributed by atoms with Crippen molar-refractivity contribution in [1.82, 2.24) is 10.2 Å². The molecule has 1 saturated heterocycles. The van der Waals surface area contributed by atoms with Gasteiger partial charge in [-0.2, -0.15) is 0 Å². The lowest BCUT2D eigenvalue weighted by Gasteiger charge is -2.26. The molecule has 2 rings (SSSR count). The number of aliphatic carboxylic acids is 2. The molecule has 148 valence electrons. The van der Waals surface area contributed by atoms with Gasteiger partial charge in [0.05, 0.1) is 18.8 Å². The molecule has 0 aromatic heterocycles. The van der Waals surface area contributed by atoms with E-state index in [9.17, 15) is 19.5 Å². The van der Waals surface area contributed by atoms with Crippen molar-refractivity contribution in [3.63, 3.8) is 0 Å². The van der Waals surface area contributed by atoms with E-state index in [2.05, 4.69) is 5.32 Å². The van der Waals surface area contributed by atoms with E-state index in [0.29, 0.717) is 13.0 Å². The van der Waals surface area contributed by atoms with Gasteiger partial charge in [0, 0.05) is 13.0 Å². The van der Waals surface area contributed by atoms with Gasteiger partial charge in [0.1, 0.15) is 12.1 Å². The molecule has 1 heterocycles. The fourth-order valence-corrected chi connectivity index (χ4v) is 3.17. The van der Waals surface area contributed by atoms with Gasteiger partial charge in [0.15, 0.2) is 0 Å². The largest absolute Gasteiger partial charge is 0.480 e. The minimum Gasteiger partial charge on any atom is -0.480 e. The molecule has 1 aromatic carbocycles. The van der Waals surface area contributed by atoms with Crippen LogP contribution in [-0.4, -0.2) is 63.7 Å². The standard InChI is InChI=1S/C19H26N2O6/c1-3-15(18(23)24)20-12(2)17(22)21-10-14(9-16(21)19(25)26)27-11-13-7-5-4-6-8-13/h4-8,12,14-16,20H,3,9-11H2,1-2H3,(H,23,24)(H,25,26)/t12-,14?,15?,16-/m0/s1. The molecule has 27 heavy (non-hydrogen) atoms. The molecule has 3 N–H and O–H groups in total. The Bertz CT molecular complexity index is 665. The van der Waals surface area contributed by atoms with Crippen molar-refractivity contribution in [3.05, 3.63) is 35.9 Å². The average Bonchev–Trinajstić information content (AvgIpc) is 3.08. The Labute approximate surface area is 158 Å². The summed E-state index contributed by atoms with van der Waals surface area (Å²) < 4.78 is 5.80. The smallest absolute Gasteiger partial charge is 0.326 e. The second-order valence-corrected chi connectivity index (χ2v) is 6.69. The van der Waals surface area contributed by atoms with Crippen LogP contribution in [0.4, 0.5) is 0 Å². The zero-order valence-corrected chi connectivity index (χ0v) is 15.5. The molecule has 0 spiro atoms. The van der Waals surface area contributed by atoms with Gasteiger partial charge < -0.3 is 19.8 Å². The van der Waals surface area contributed by atoms with Crippen molar-refractivity contribution in [2.24, 2.45) is 0 Å². The zero-order chi connectivity index (χ0) is 20.0. The molecule has 1 fully saturated rings. The highest BCUT2D eigenvalue weighted by atomic mass is 16.5. The normalized spacial score (nSPS) is 21.6.